The van der Waals surface area contributed by atoms with Crippen molar-refractivity contribution < 1.29 is 15.0 Å². The van der Waals surface area contributed by atoms with Gasteiger partial charge in [0, 0.05) is 16.4 Å². The average Bonchev–Trinajstić information content (AvgIpc) is 2.86. The zero-order chi connectivity index (χ0) is 15.4. The van der Waals surface area contributed by atoms with Gasteiger partial charge < -0.3 is 15.5 Å². The number of carbonyl (C=O) groups excluding carboxylic acids is 1. The van der Waals surface area contributed by atoms with Crippen LogP contribution in [0.1, 0.15) is 16.5 Å². The largest absolute Gasteiger partial charge is 0.508 e. The third-order valence-electron chi connectivity index (χ3n) is 2.80. The highest BCUT2D eigenvalue weighted by molar-refractivity contribution is 7.16. The lowest BCUT2D eigenvalue weighted by Gasteiger charge is -2.11. The minimum atomic E-state index is -0.790. The van der Waals surface area contributed by atoms with Crippen LogP contribution >= 0.6 is 34.5 Å². The Kier molecular flexibility index (Phi) is 5.47. The van der Waals surface area contributed by atoms with E-state index in [2.05, 4.69) is 5.32 Å². The van der Waals surface area contributed by atoms with Crippen molar-refractivity contribution in [2.24, 2.45) is 0 Å². The second kappa shape index (κ2) is 7.13. The molecule has 3 N–H and O–H groups in total. The minimum Gasteiger partial charge on any atom is -0.508 e. The summed E-state index contributed by atoms with van der Waals surface area (Å²) in [7, 11) is 0. The summed E-state index contributed by atoms with van der Waals surface area (Å²) in [6.07, 6.45) is -0.710. The molecule has 0 aliphatic carbocycles. The van der Waals surface area contributed by atoms with Gasteiger partial charge in [0.1, 0.15) is 11.9 Å². The van der Waals surface area contributed by atoms with Crippen LogP contribution in [0.15, 0.2) is 30.3 Å². The lowest BCUT2D eigenvalue weighted by Crippen LogP contribution is -2.29. The van der Waals surface area contributed by atoms with E-state index >= 15 is 0 Å². The molecule has 0 bridgehead atoms. The number of aromatic hydroxyl groups is 1. The molecule has 1 aromatic heterocycles. The van der Waals surface area contributed by atoms with E-state index in [0.717, 1.165) is 0 Å². The Morgan fingerprint density at radius 2 is 2.05 bits per heavy atom. The number of rotatable bonds is 5. The molecular formula is C14H13Cl2NO3S. The molecule has 1 atom stereocenters. The van der Waals surface area contributed by atoms with Gasteiger partial charge in [-0.25, -0.2) is 0 Å². The third kappa shape index (κ3) is 4.61. The Labute approximate surface area is 135 Å². The van der Waals surface area contributed by atoms with Crippen LogP contribution in [0.2, 0.25) is 9.36 Å². The summed E-state index contributed by atoms with van der Waals surface area (Å²) in [5, 5.41) is 22.1. The molecule has 7 heteroatoms. The van der Waals surface area contributed by atoms with Crippen LogP contribution in [0.25, 0.3) is 0 Å². The van der Waals surface area contributed by atoms with Gasteiger partial charge >= 0.3 is 0 Å². The zero-order valence-corrected chi connectivity index (χ0v) is 13.2. The number of halogens is 2. The topological polar surface area (TPSA) is 69.6 Å². The van der Waals surface area contributed by atoms with Crippen molar-refractivity contribution in [1.82, 2.24) is 5.32 Å². The van der Waals surface area contributed by atoms with Gasteiger partial charge in [-0.3, -0.25) is 4.79 Å². The molecule has 1 unspecified atom stereocenters. The summed E-state index contributed by atoms with van der Waals surface area (Å²) >= 11 is 13.0. The fourth-order valence-electron chi connectivity index (χ4n) is 1.73. The highest BCUT2D eigenvalue weighted by atomic mass is 35.5. The van der Waals surface area contributed by atoms with Crippen molar-refractivity contribution in [2.45, 2.75) is 12.5 Å². The van der Waals surface area contributed by atoms with Gasteiger partial charge in [-0.1, -0.05) is 29.3 Å². The Morgan fingerprint density at radius 1 is 1.29 bits per heavy atom. The second-order valence-corrected chi connectivity index (χ2v) is 6.57. The summed E-state index contributed by atoms with van der Waals surface area (Å²) in [5.41, 5.74) is 0.612. The number of phenols is 1. The number of nitrogens with one attached hydrogen (secondary N) is 1. The van der Waals surface area contributed by atoms with Crippen molar-refractivity contribution in [3.63, 3.8) is 0 Å². The average molecular weight is 346 g/mol. The fraction of sp³-hybridized carbons (Fsp3) is 0.214. The summed E-state index contributed by atoms with van der Waals surface area (Å²) in [6, 6.07) is 7.86. The van der Waals surface area contributed by atoms with Crippen LogP contribution in [0.3, 0.4) is 0 Å². The maximum atomic E-state index is 11.8. The lowest BCUT2D eigenvalue weighted by atomic mass is 10.1. The molecule has 2 rings (SSSR count). The van der Waals surface area contributed by atoms with Crippen molar-refractivity contribution in [1.29, 1.82) is 0 Å². The van der Waals surface area contributed by atoms with E-state index in [1.54, 1.807) is 18.2 Å². The van der Waals surface area contributed by atoms with Crippen molar-refractivity contribution in [3.8, 4) is 5.75 Å². The van der Waals surface area contributed by atoms with Gasteiger partial charge in [0.25, 0.3) is 0 Å². The molecule has 21 heavy (non-hydrogen) atoms. The molecule has 0 saturated heterocycles. The standard InChI is InChI=1S/C14H13Cl2NO3S/c15-10-6-9(18)2-1-8(10)5-14(20)17-7-11(19)12-3-4-13(16)21-12/h1-4,6,11,18-19H,5,7H2,(H,17,20). The Morgan fingerprint density at radius 3 is 2.67 bits per heavy atom. The number of aliphatic hydroxyl groups is 1. The van der Waals surface area contributed by atoms with E-state index in [0.29, 0.717) is 19.8 Å². The molecule has 1 heterocycles. The van der Waals surface area contributed by atoms with Gasteiger partial charge in [0.2, 0.25) is 5.91 Å². The monoisotopic (exact) mass is 345 g/mol. The Hall–Kier alpha value is -1.27. The van der Waals surface area contributed by atoms with E-state index in [-0.39, 0.29) is 24.6 Å². The van der Waals surface area contributed by atoms with Crippen LogP contribution < -0.4 is 5.32 Å². The summed E-state index contributed by atoms with van der Waals surface area (Å²) < 4.78 is 0.589. The minimum absolute atomic E-state index is 0.0501. The number of benzene rings is 1. The number of hydrogen-bond acceptors (Lipinski definition) is 4. The Balaban J connectivity index is 1.87. The number of thiophene rings is 1. The van der Waals surface area contributed by atoms with E-state index < -0.39 is 6.10 Å². The molecule has 0 aliphatic heterocycles. The molecular weight excluding hydrogens is 333 g/mol. The van der Waals surface area contributed by atoms with Crippen LogP contribution in [0.5, 0.6) is 5.75 Å². The molecule has 0 fully saturated rings. The lowest BCUT2D eigenvalue weighted by molar-refractivity contribution is -0.120. The molecule has 1 aromatic carbocycles. The smallest absolute Gasteiger partial charge is 0.224 e. The van der Waals surface area contributed by atoms with E-state index in [9.17, 15) is 15.0 Å². The van der Waals surface area contributed by atoms with E-state index in [1.807, 2.05) is 0 Å². The van der Waals surface area contributed by atoms with Gasteiger partial charge in [-0.05, 0) is 29.8 Å². The molecule has 112 valence electrons. The zero-order valence-electron chi connectivity index (χ0n) is 10.8. The number of amides is 1. The molecule has 1 amide bonds. The first-order valence-electron chi connectivity index (χ1n) is 6.13. The van der Waals surface area contributed by atoms with Gasteiger partial charge in [-0.2, -0.15) is 0 Å². The highest BCUT2D eigenvalue weighted by Crippen LogP contribution is 2.26. The van der Waals surface area contributed by atoms with Crippen LogP contribution in [-0.2, 0) is 11.2 Å². The first-order chi connectivity index (χ1) is 9.95. The summed E-state index contributed by atoms with van der Waals surface area (Å²) in [5.74, 6) is -0.210. The maximum absolute atomic E-state index is 11.8. The quantitative estimate of drug-likeness (QED) is 0.779. The second-order valence-electron chi connectivity index (χ2n) is 4.41. The predicted octanol–water partition coefficient (Wildman–Crippen LogP) is 3.15. The number of phenolic OH excluding ortho intramolecular Hbond substituents is 1. The number of hydrogen-bond donors (Lipinski definition) is 3. The van der Waals surface area contributed by atoms with Crippen LogP contribution in [-0.4, -0.2) is 22.7 Å². The normalized spacial score (nSPS) is 12.1. The Bertz CT molecular complexity index is 645. The summed E-state index contributed by atoms with van der Waals surface area (Å²) in [6.45, 7) is 0.103. The molecule has 0 saturated carbocycles. The third-order valence-corrected chi connectivity index (χ3v) is 4.49. The van der Waals surface area contributed by atoms with Crippen LogP contribution in [0, 0.1) is 0 Å². The molecule has 4 nitrogen and oxygen atoms in total. The summed E-state index contributed by atoms with van der Waals surface area (Å²) in [4.78, 5) is 12.5. The van der Waals surface area contributed by atoms with Gasteiger partial charge in [0.15, 0.2) is 0 Å². The van der Waals surface area contributed by atoms with E-state index in [1.165, 1.54) is 23.5 Å². The van der Waals surface area contributed by atoms with Crippen molar-refractivity contribution in [3.05, 3.63) is 50.1 Å². The van der Waals surface area contributed by atoms with Gasteiger partial charge in [-0.15, -0.1) is 11.3 Å². The first kappa shape index (κ1) is 16.1. The van der Waals surface area contributed by atoms with Crippen LogP contribution in [0.4, 0.5) is 0 Å². The van der Waals surface area contributed by atoms with Crippen molar-refractivity contribution in [2.75, 3.05) is 6.54 Å². The predicted molar refractivity (Wildman–Crippen MR) is 84.1 cm³/mol. The number of carbonyl (C=O) groups is 1. The highest BCUT2D eigenvalue weighted by Gasteiger charge is 2.13. The van der Waals surface area contributed by atoms with E-state index in [4.69, 9.17) is 23.2 Å². The van der Waals surface area contributed by atoms with Gasteiger partial charge in [0.05, 0.1) is 10.8 Å². The molecule has 0 aliphatic rings. The first-order valence-corrected chi connectivity index (χ1v) is 7.70. The SMILES string of the molecule is O=C(Cc1ccc(O)cc1Cl)NCC(O)c1ccc(Cl)s1. The number of aliphatic hydroxyl groups excluding tert-OH is 1. The maximum Gasteiger partial charge on any atom is 0.224 e. The fourth-order valence-corrected chi connectivity index (χ4v) is 3.02. The molecule has 2 aromatic rings. The molecule has 0 spiro atoms. The van der Waals surface area contributed by atoms with Crippen molar-refractivity contribution >= 4 is 40.4 Å². The molecule has 0 radical (unpaired) electrons.